The van der Waals surface area contributed by atoms with Crippen LogP contribution in [0.1, 0.15) is 49.4 Å². The summed E-state index contributed by atoms with van der Waals surface area (Å²) in [6.45, 7) is 2.28. The number of hydrogen-bond donors (Lipinski definition) is 1. The Hall–Kier alpha value is -1.84. The van der Waals surface area contributed by atoms with Gasteiger partial charge in [-0.3, -0.25) is 0 Å². The zero-order chi connectivity index (χ0) is 13.2. The molecule has 0 radical (unpaired) electrons. The lowest BCUT2D eigenvalue weighted by atomic mass is 10.1. The van der Waals surface area contributed by atoms with Crippen molar-refractivity contribution < 1.29 is 4.52 Å². The van der Waals surface area contributed by atoms with E-state index in [1.54, 1.807) is 0 Å². The van der Waals surface area contributed by atoms with Crippen LogP contribution in [0.5, 0.6) is 0 Å². The number of nitrogen functional groups attached to an aromatic ring is 1. The maximum absolute atomic E-state index is 5.93. The molecule has 0 bridgehead atoms. The van der Waals surface area contributed by atoms with E-state index in [-0.39, 0.29) is 0 Å². The van der Waals surface area contributed by atoms with Crippen molar-refractivity contribution >= 4 is 5.69 Å². The molecule has 1 heterocycles. The molecule has 2 atom stereocenters. The molecule has 0 aliphatic heterocycles. The van der Waals surface area contributed by atoms with Crippen molar-refractivity contribution in [3.8, 4) is 0 Å². The Kier molecular flexibility index (Phi) is 3.23. The molecule has 4 nitrogen and oxygen atoms in total. The second-order valence-corrected chi connectivity index (χ2v) is 5.54. The summed E-state index contributed by atoms with van der Waals surface area (Å²) < 4.78 is 5.35. The average Bonchev–Trinajstić information content (AvgIpc) is 3.01. The molecule has 1 saturated carbocycles. The van der Waals surface area contributed by atoms with Crippen molar-refractivity contribution in [1.29, 1.82) is 0 Å². The first-order chi connectivity index (χ1) is 9.22. The molecule has 100 valence electrons. The second kappa shape index (κ2) is 5.03. The third-order valence-electron chi connectivity index (χ3n) is 3.94. The van der Waals surface area contributed by atoms with Gasteiger partial charge in [0.15, 0.2) is 5.82 Å². The van der Waals surface area contributed by atoms with E-state index in [1.165, 1.54) is 19.3 Å². The highest BCUT2D eigenvalue weighted by Gasteiger charge is 2.26. The van der Waals surface area contributed by atoms with Crippen molar-refractivity contribution in [2.75, 3.05) is 5.73 Å². The molecule has 1 aliphatic rings. The molecule has 2 aromatic rings. The molecule has 1 aromatic heterocycles. The van der Waals surface area contributed by atoms with Crippen molar-refractivity contribution in [3.05, 3.63) is 41.5 Å². The highest BCUT2D eigenvalue weighted by molar-refractivity contribution is 5.47. The van der Waals surface area contributed by atoms with Crippen LogP contribution in [-0.2, 0) is 6.42 Å². The van der Waals surface area contributed by atoms with E-state index < -0.39 is 0 Å². The molecule has 4 heteroatoms. The molecular weight excluding hydrogens is 238 g/mol. The third kappa shape index (κ3) is 2.62. The highest BCUT2D eigenvalue weighted by atomic mass is 16.5. The summed E-state index contributed by atoms with van der Waals surface area (Å²) in [7, 11) is 0. The van der Waals surface area contributed by atoms with E-state index in [4.69, 9.17) is 10.3 Å². The first kappa shape index (κ1) is 12.2. The number of aromatic nitrogens is 2. The molecule has 2 unspecified atom stereocenters. The SMILES string of the molecule is CC1CCC(c2noc(Cc3ccccc3N)n2)C1. The topological polar surface area (TPSA) is 64.9 Å². The molecule has 0 spiro atoms. The Morgan fingerprint density at radius 2 is 2.16 bits per heavy atom. The zero-order valence-electron chi connectivity index (χ0n) is 11.2. The van der Waals surface area contributed by atoms with Gasteiger partial charge in [0.1, 0.15) is 0 Å². The molecule has 19 heavy (non-hydrogen) atoms. The number of rotatable bonds is 3. The first-order valence-corrected chi connectivity index (χ1v) is 6.88. The van der Waals surface area contributed by atoms with Crippen LogP contribution < -0.4 is 5.73 Å². The van der Waals surface area contributed by atoms with Crippen LogP contribution in [0.15, 0.2) is 28.8 Å². The predicted octanol–water partition coefficient (Wildman–Crippen LogP) is 3.15. The maximum Gasteiger partial charge on any atom is 0.231 e. The normalized spacial score (nSPS) is 22.8. The van der Waals surface area contributed by atoms with E-state index >= 15 is 0 Å². The van der Waals surface area contributed by atoms with Gasteiger partial charge < -0.3 is 10.3 Å². The lowest BCUT2D eigenvalue weighted by molar-refractivity contribution is 0.375. The number of anilines is 1. The van der Waals surface area contributed by atoms with E-state index in [9.17, 15) is 0 Å². The Balaban J connectivity index is 1.73. The number of para-hydroxylation sites is 1. The van der Waals surface area contributed by atoms with Gasteiger partial charge in [0.2, 0.25) is 5.89 Å². The van der Waals surface area contributed by atoms with Crippen molar-refractivity contribution in [2.45, 2.75) is 38.5 Å². The average molecular weight is 257 g/mol. The summed E-state index contributed by atoms with van der Waals surface area (Å²) in [5.74, 6) is 2.78. The van der Waals surface area contributed by atoms with Crippen LogP contribution in [0.4, 0.5) is 5.69 Å². The van der Waals surface area contributed by atoms with Crippen LogP contribution in [0.3, 0.4) is 0 Å². The minimum Gasteiger partial charge on any atom is -0.398 e. The van der Waals surface area contributed by atoms with E-state index in [2.05, 4.69) is 17.1 Å². The summed E-state index contributed by atoms with van der Waals surface area (Å²) >= 11 is 0. The smallest absolute Gasteiger partial charge is 0.231 e. The molecule has 3 rings (SSSR count). The van der Waals surface area contributed by atoms with Gasteiger partial charge in [0.25, 0.3) is 0 Å². The number of nitrogens with two attached hydrogens (primary N) is 1. The molecule has 0 amide bonds. The number of hydrogen-bond acceptors (Lipinski definition) is 4. The Bertz CT molecular complexity index is 564. The van der Waals surface area contributed by atoms with Crippen molar-refractivity contribution in [3.63, 3.8) is 0 Å². The fourth-order valence-electron chi connectivity index (χ4n) is 2.81. The summed E-state index contributed by atoms with van der Waals surface area (Å²) in [6.07, 6.45) is 4.22. The van der Waals surface area contributed by atoms with Gasteiger partial charge in [-0.1, -0.05) is 30.3 Å². The monoisotopic (exact) mass is 257 g/mol. The standard InChI is InChI=1S/C15H19N3O/c1-10-6-7-12(8-10)15-17-14(19-18-15)9-11-4-2-3-5-13(11)16/h2-5,10,12H,6-9,16H2,1H3. The quantitative estimate of drug-likeness (QED) is 0.858. The minimum absolute atomic E-state index is 0.473. The summed E-state index contributed by atoms with van der Waals surface area (Å²) in [6, 6.07) is 7.79. The van der Waals surface area contributed by atoms with Gasteiger partial charge in [-0.25, -0.2) is 0 Å². The Morgan fingerprint density at radius 1 is 1.32 bits per heavy atom. The van der Waals surface area contributed by atoms with Crippen molar-refractivity contribution in [2.24, 2.45) is 5.92 Å². The van der Waals surface area contributed by atoms with Crippen LogP contribution in [0.2, 0.25) is 0 Å². The number of nitrogens with zero attached hydrogens (tertiary/aromatic N) is 2. The fraction of sp³-hybridized carbons (Fsp3) is 0.467. The molecular formula is C15H19N3O. The van der Waals surface area contributed by atoms with Crippen LogP contribution in [0, 0.1) is 5.92 Å². The lowest BCUT2D eigenvalue weighted by Gasteiger charge is -2.02. The summed E-state index contributed by atoms with van der Waals surface area (Å²) in [5.41, 5.74) is 7.74. The molecule has 1 aromatic carbocycles. The third-order valence-corrected chi connectivity index (χ3v) is 3.94. The maximum atomic E-state index is 5.93. The van der Waals surface area contributed by atoms with Gasteiger partial charge in [0, 0.05) is 11.6 Å². The van der Waals surface area contributed by atoms with Crippen LogP contribution in [-0.4, -0.2) is 10.1 Å². The van der Waals surface area contributed by atoms with Crippen molar-refractivity contribution in [1.82, 2.24) is 10.1 Å². The predicted molar refractivity (Wildman–Crippen MR) is 73.7 cm³/mol. The van der Waals surface area contributed by atoms with Gasteiger partial charge in [-0.05, 0) is 36.8 Å². The Morgan fingerprint density at radius 3 is 2.89 bits per heavy atom. The lowest BCUT2D eigenvalue weighted by Crippen LogP contribution is -1.98. The number of benzene rings is 1. The van der Waals surface area contributed by atoms with Gasteiger partial charge in [-0.15, -0.1) is 0 Å². The molecule has 1 aliphatic carbocycles. The summed E-state index contributed by atoms with van der Waals surface area (Å²) in [5, 5.41) is 4.13. The van der Waals surface area contributed by atoms with Gasteiger partial charge in [0.05, 0.1) is 6.42 Å². The second-order valence-electron chi connectivity index (χ2n) is 5.54. The van der Waals surface area contributed by atoms with E-state index in [0.717, 1.165) is 23.0 Å². The largest absolute Gasteiger partial charge is 0.398 e. The summed E-state index contributed by atoms with van der Waals surface area (Å²) in [4.78, 5) is 4.53. The molecule has 1 fully saturated rings. The van der Waals surface area contributed by atoms with Crippen LogP contribution in [0.25, 0.3) is 0 Å². The Labute approximate surface area is 113 Å². The fourth-order valence-corrected chi connectivity index (χ4v) is 2.81. The molecule has 0 saturated heterocycles. The highest BCUT2D eigenvalue weighted by Crippen LogP contribution is 2.36. The zero-order valence-corrected chi connectivity index (χ0v) is 11.2. The van der Waals surface area contributed by atoms with Gasteiger partial charge in [-0.2, -0.15) is 4.98 Å². The first-order valence-electron chi connectivity index (χ1n) is 6.88. The molecule has 2 N–H and O–H groups in total. The van der Waals surface area contributed by atoms with E-state index in [0.29, 0.717) is 18.2 Å². The van der Waals surface area contributed by atoms with Gasteiger partial charge >= 0.3 is 0 Å². The van der Waals surface area contributed by atoms with Crippen LogP contribution >= 0.6 is 0 Å². The minimum atomic E-state index is 0.473. The van der Waals surface area contributed by atoms with E-state index in [1.807, 2.05) is 24.3 Å².